The van der Waals surface area contributed by atoms with Gasteiger partial charge >= 0.3 is 0 Å². The summed E-state index contributed by atoms with van der Waals surface area (Å²) >= 11 is 3.44. The Morgan fingerprint density at radius 3 is 2.62 bits per heavy atom. The van der Waals surface area contributed by atoms with Crippen molar-refractivity contribution >= 4 is 21.8 Å². The second kappa shape index (κ2) is 6.88. The molecule has 7 heteroatoms. The number of aromatic nitrogens is 1. The van der Waals surface area contributed by atoms with Gasteiger partial charge in [-0.1, -0.05) is 0 Å². The van der Waals surface area contributed by atoms with Gasteiger partial charge in [-0.3, -0.25) is 9.59 Å². The second-order valence-corrected chi connectivity index (χ2v) is 7.91. The van der Waals surface area contributed by atoms with Crippen LogP contribution in [0.25, 0.3) is 0 Å². The molecule has 2 aliphatic rings. The van der Waals surface area contributed by atoms with Gasteiger partial charge in [-0.2, -0.15) is 0 Å². The third-order valence-corrected chi connectivity index (χ3v) is 5.43. The highest BCUT2D eigenvalue weighted by Crippen LogP contribution is 2.30. The number of carbonyl (C=O) groups excluding carboxylic acids is 1. The number of rotatable bonds is 4. The van der Waals surface area contributed by atoms with Gasteiger partial charge in [0.05, 0.1) is 29.2 Å². The van der Waals surface area contributed by atoms with E-state index < -0.39 is 0 Å². The van der Waals surface area contributed by atoms with E-state index in [2.05, 4.69) is 21.2 Å². The summed E-state index contributed by atoms with van der Waals surface area (Å²) in [5.41, 5.74) is -0.451. The summed E-state index contributed by atoms with van der Waals surface area (Å²) in [7, 11) is 1.71. The van der Waals surface area contributed by atoms with Gasteiger partial charge in [0.1, 0.15) is 5.75 Å². The van der Waals surface area contributed by atoms with Crippen LogP contribution in [0.5, 0.6) is 5.75 Å². The normalized spacial score (nSPS) is 25.6. The smallest absolute Gasteiger partial charge is 0.254 e. The van der Waals surface area contributed by atoms with E-state index in [9.17, 15) is 9.59 Å². The molecule has 6 nitrogen and oxygen atoms in total. The van der Waals surface area contributed by atoms with Crippen LogP contribution >= 0.6 is 15.9 Å². The Labute approximate surface area is 149 Å². The number of nitrogens with one attached hydrogen (secondary N) is 1. The molecule has 0 unspecified atom stereocenters. The van der Waals surface area contributed by atoms with Crippen LogP contribution < -0.4 is 15.6 Å². The van der Waals surface area contributed by atoms with E-state index in [0.29, 0.717) is 19.0 Å². The fourth-order valence-electron chi connectivity index (χ4n) is 3.07. The molecule has 1 aliphatic carbocycles. The summed E-state index contributed by atoms with van der Waals surface area (Å²) in [5, 5.41) is 3.14. The number of halogens is 1. The first-order chi connectivity index (χ1) is 11.4. The number of hydrogen-bond acceptors (Lipinski definition) is 4. The Morgan fingerprint density at radius 2 is 2.04 bits per heavy atom. The Morgan fingerprint density at radius 1 is 1.38 bits per heavy atom. The molecule has 2 heterocycles. The van der Waals surface area contributed by atoms with Crippen LogP contribution in [-0.2, 0) is 16.6 Å². The van der Waals surface area contributed by atoms with Crippen LogP contribution in [0.2, 0.25) is 0 Å². The highest BCUT2D eigenvalue weighted by molar-refractivity contribution is 9.10. The van der Waals surface area contributed by atoms with Gasteiger partial charge in [-0.05, 0) is 48.5 Å². The van der Waals surface area contributed by atoms with E-state index >= 15 is 0 Å². The lowest BCUT2D eigenvalue weighted by Crippen LogP contribution is -2.54. The minimum atomic E-state index is -0.359. The average Bonchev–Trinajstić information content (AvgIpc) is 2.52. The summed E-state index contributed by atoms with van der Waals surface area (Å²) in [4.78, 5) is 24.0. The minimum Gasteiger partial charge on any atom is -0.489 e. The summed E-state index contributed by atoms with van der Waals surface area (Å²) in [6.45, 7) is 2.95. The fraction of sp³-hybridized carbons (Fsp3) is 0.647. The van der Waals surface area contributed by atoms with Crippen LogP contribution in [0.15, 0.2) is 21.5 Å². The van der Waals surface area contributed by atoms with E-state index in [-0.39, 0.29) is 29.0 Å². The lowest BCUT2D eigenvalue weighted by Gasteiger charge is -2.38. The molecule has 0 aromatic carbocycles. The molecule has 2 fully saturated rings. The van der Waals surface area contributed by atoms with Crippen molar-refractivity contribution in [1.29, 1.82) is 0 Å². The van der Waals surface area contributed by atoms with Crippen LogP contribution in [-0.4, -0.2) is 35.8 Å². The zero-order chi connectivity index (χ0) is 17.3. The zero-order valence-corrected chi connectivity index (χ0v) is 15.6. The summed E-state index contributed by atoms with van der Waals surface area (Å²) in [5.74, 6) is 0.678. The molecule has 1 N–H and O–H groups in total. The van der Waals surface area contributed by atoms with E-state index in [1.54, 1.807) is 13.2 Å². The van der Waals surface area contributed by atoms with Crippen molar-refractivity contribution in [1.82, 2.24) is 9.88 Å². The average molecular weight is 399 g/mol. The molecule has 24 heavy (non-hydrogen) atoms. The maximum Gasteiger partial charge on any atom is 0.254 e. The molecule has 0 spiro atoms. The second-order valence-electron chi connectivity index (χ2n) is 7.05. The summed E-state index contributed by atoms with van der Waals surface area (Å²) in [6, 6.07) is 1.71. The first kappa shape index (κ1) is 17.5. The number of carbonyl (C=O) groups is 1. The predicted octanol–water partition coefficient (Wildman–Crippen LogP) is 1.99. The monoisotopic (exact) mass is 398 g/mol. The van der Waals surface area contributed by atoms with E-state index in [1.807, 2.05) is 6.92 Å². The molecule has 1 amide bonds. The van der Waals surface area contributed by atoms with Gasteiger partial charge in [0, 0.05) is 25.4 Å². The van der Waals surface area contributed by atoms with E-state index in [0.717, 1.165) is 30.2 Å². The van der Waals surface area contributed by atoms with Crippen molar-refractivity contribution in [3.63, 3.8) is 0 Å². The number of hydrogen-bond donors (Lipinski definition) is 1. The third-order valence-electron chi connectivity index (χ3n) is 4.84. The quantitative estimate of drug-likeness (QED) is 0.841. The van der Waals surface area contributed by atoms with Crippen molar-refractivity contribution in [3.8, 4) is 5.75 Å². The maximum absolute atomic E-state index is 12.2. The van der Waals surface area contributed by atoms with Gasteiger partial charge in [-0.25, -0.2) is 0 Å². The number of amides is 1. The Bertz CT molecular complexity index is 676. The first-order valence-corrected chi connectivity index (χ1v) is 9.08. The molecular formula is C17H23BrN2O4. The first-order valence-electron chi connectivity index (χ1n) is 8.29. The Balaban J connectivity index is 1.51. The van der Waals surface area contributed by atoms with Crippen molar-refractivity contribution in [2.75, 3.05) is 13.2 Å². The molecule has 1 aliphatic heterocycles. The molecule has 1 aromatic heterocycles. The minimum absolute atomic E-state index is 0.0733. The van der Waals surface area contributed by atoms with Crippen LogP contribution in [0.4, 0.5) is 0 Å². The van der Waals surface area contributed by atoms with Crippen LogP contribution in [0.3, 0.4) is 0 Å². The Hall–Kier alpha value is -1.34. The molecule has 0 atom stereocenters. The lowest BCUT2D eigenvalue weighted by atomic mass is 9.86. The number of nitrogens with zero attached hydrogens (tertiary/aromatic N) is 1. The molecule has 1 saturated heterocycles. The fourth-order valence-corrected chi connectivity index (χ4v) is 3.59. The molecular weight excluding hydrogens is 376 g/mol. The summed E-state index contributed by atoms with van der Waals surface area (Å²) in [6.07, 6.45) is 5.28. The number of aryl methyl sites for hydroxylation is 1. The standard InChI is InChI=1S/C17H23BrN2O4/c1-17(9-23-10-17)16(22)19-11-3-5-12(6-4-11)24-14-7-15(21)20(2)8-13(14)18/h7-8,11-12H,3-6,9-10H2,1-2H3,(H,19,22). The molecule has 132 valence electrons. The van der Waals surface area contributed by atoms with Crippen molar-refractivity contribution in [2.24, 2.45) is 12.5 Å². The van der Waals surface area contributed by atoms with Gasteiger partial charge in [-0.15, -0.1) is 0 Å². The molecule has 0 radical (unpaired) electrons. The molecule has 1 aromatic rings. The lowest BCUT2D eigenvalue weighted by molar-refractivity contribution is -0.158. The molecule has 1 saturated carbocycles. The zero-order valence-electron chi connectivity index (χ0n) is 14.0. The van der Waals surface area contributed by atoms with Crippen molar-refractivity contribution in [3.05, 3.63) is 27.1 Å². The van der Waals surface area contributed by atoms with Gasteiger partial charge in [0.25, 0.3) is 5.56 Å². The third kappa shape index (κ3) is 3.67. The summed E-state index contributed by atoms with van der Waals surface area (Å²) < 4.78 is 13.4. The van der Waals surface area contributed by atoms with Crippen molar-refractivity contribution < 1.29 is 14.3 Å². The van der Waals surface area contributed by atoms with Gasteiger partial charge in [0.2, 0.25) is 5.91 Å². The van der Waals surface area contributed by atoms with Crippen LogP contribution in [0, 0.1) is 5.41 Å². The largest absolute Gasteiger partial charge is 0.489 e. The predicted molar refractivity (Wildman–Crippen MR) is 93.1 cm³/mol. The highest BCUT2D eigenvalue weighted by Gasteiger charge is 2.42. The van der Waals surface area contributed by atoms with Crippen LogP contribution in [0.1, 0.15) is 32.6 Å². The topological polar surface area (TPSA) is 69.6 Å². The SMILES string of the molecule is Cn1cc(Br)c(OC2CCC(NC(=O)C3(C)COC3)CC2)cc1=O. The van der Waals surface area contributed by atoms with Crippen molar-refractivity contribution in [2.45, 2.75) is 44.8 Å². The highest BCUT2D eigenvalue weighted by atomic mass is 79.9. The molecule has 0 bridgehead atoms. The van der Waals surface area contributed by atoms with E-state index in [1.165, 1.54) is 10.6 Å². The number of ether oxygens (including phenoxy) is 2. The van der Waals surface area contributed by atoms with E-state index in [4.69, 9.17) is 9.47 Å². The maximum atomic E-state index is 12.2. The molecule has 3 rings (SSSR count). The van der Waals surface area contributed by atoms with Gasteiger partial charge < -0.3 is 19.4 Å². The number of pyridine rings is 1. The Kier molecular flexibility index (Phi) is 5.01. The van der Waals surface area contributed by atoms with Gasteiger partial charge in [0.15, 0.2) is 0 Å².